The van der Waals surface area contributed by atoms with E-state index in [-0.39, 0.29) is 19.6 Å². The molecule has 0 aliphatic carbocycles. The van der Waals surface area contributed by atoms with Crippen molar-refractivity contribution >= 4 is 23.6 Å². The lowest BCUT2D eigenvalue weighted by Crippen LogP contribution is -2.33. The van der Waals surface area contributed by atoms with Crippen LogP contribution in [0.5, 0.6) is 0 Å². The summed E-state index contributed by atoms with van der Waals surface area (Å²) in [7, 11) is 0. The Morgan fingerprint density at radius 1 is 0.688 bits per heavy atom. The third-order valence-electron chi connectivity index (χ3n) is 3.65. The maximum atomic E-state index is 11.4. The molecule has 0 unspecified atom stereocenters. The van der Waals surface area contributed by atoms with E-state index in [2.05, 4.69) is 14.8 Å². The molecule has 0 aliphatic heterocycles. The molecule has 0 fully saturated rings. The van der Waals surface area contributed by atoms with Gasteiger partial charge in [0, 0.05) is 52.5 Å². The second-order valence-electron chi connectivity index (χ2n) is 6.44. The highest BCUT2D eigenvalue weighted by molar-refractivity contribution is 6.33. The van der Waals surface area contributed by atoms with E-state index in [0.717, 1.165) is 19.3 Å². The molecule has 11 nitrogen and oxygen atoms in total. The number of amides is 1. The van der Waals surface area contributed by atoms with Gasteiger partial charge in [0.2, 0.25) is 5.78 Å². The third-order valence-corrected chi connectivity index (χ3v) is 3.65. The predicted octanol–water partition coefficient (Wildman–Crippen LogP) is 0.0755. The maximum Gasteiger partial charge on any atom is 0.396 e. The number of unbranched alkanes of at least 4 members (excludes halogenated alkanes) is 2. The highest BCUT2D eigenvalue weighted by atomic mass is 16.5. The molecule has 0 rings (SSSR count). The van der Waals surface area contributed by atoms with Crippen molar-refractivity contribution in [1.29, 1.82) is 0 Å². The highest BCUT2D eigenvalue weighted by Crippen LogP contribution is 2.00. The Hall–Kier alpha value is -2.08. The Bertz CT molecular complexity index is 459. The Labute approximate surface area is 190 Å². The van der Waals surface area contributed by atoms with Gasteiger partial charge in [-0.05, 0) is 46.0 Å². The zero-order valence-electron chi connectivity index (χ0n) is 19.5. The first-order valence-electron chi connectivity index (χ1n) is 11.1. The van der Waals surface area contributed by atoms with E-state index in [1.54, 1.807) is 13.8 Å². The molecule has 0 aromatic rings. The molecular weight excluding hydrogens is 422 g/mol. The summed E-state index contributed by atoms with van der Waals surface area (Å²) in [5, 5.41) is 2.46. The molecule has 5 N–H and O–H groups in total. The minimum Gasteiger partial charge on any atom is -0.460 e. The van der Waals surface area contributed by atoms with Crippen LogP contribution in [0.3, 0.4) is 0 Å². The van der Waals surface area contributed by atoms with Crippen LogP contribution in [0.1, 0.15) is 52.4 Å². The van der Waals surface area contributed by atoms with E-state index in [0.29, 0.717) is 58.9 Å². The van der Waals surface area contributed by atoms with Crippen molar-refractivity contribution in [2.75, 3.05) is 59.3 Å². The maximum absolute atomic E-state index is 11.4. The monoisotopic (exact) mass is 463 g/mol. The number of esters is 2. The number of ether oxygens (including phenoxy) is 4. The van der Waals surface area contributed by atoms with Crippen molar-refractivity contribution in [3.8, 4) is 0 Å². The second-order valence-corrected chi connectivity index (χ2v) is 6.44. The van der Waals surface area contributed by atoms with Crippen LogP contribution < -0.4 is 16.8 Å². The fourth-order valence-electron chi connectivity index (χ4n) is 2.06. The van der Waals surface area contributed by atoms with Gasteiger partial charge in [-0.2, -0.15) is 0 Å². The highest BCUT2D eigenvalue weighted by Gasteiger charge is 2.14. The van der Waals surface area contributed by atoms with Crippen molar-refractivity contribution in [3.63, 3.8) is 0 Å². The Morgan fingerprint density at radius 2 is 1.16 bits per heavy atom. The molecule has 188 valence electrons. The lowest BCUT2D eigenvalue weighted by molar-refractivity contribution is -0.154. The summed E-state index contributed by atoms with van der Waals surface area (Å²) >= 11 is 0. The number of rotatable bonds is 18. The molecule has 32 heavy (non-hydrogen) atoms. The zero-order valence-corrected chi connectivity index (χ0v) is 19.5. The fraction of sp³-hybridized carbons (Fsp3) is 0.810. The van der Waals surface area contributed by atoms with Crippen molar-refractivity contribution < 1.29 is 38.1 Å². The summed E-state index contributed by atoms with van der Waals surface area (Å²) in [6.45, 7) is 7.51. The average molecular weight is 464 g/mol. The van der Waals surface area contributed by atoms with E-state index in [1.807, 2.05) is 0 Å². The molecule has 0 spiro atoms. The van der Waals surface area contributed by atoms with Crippen LogP contribution in [0.2, 0.25) is 0 Å². The quantitative estimate of drug-likeness (QED) is 0.144. The standard InChI is InChI=1S/C19H33NO8.C2H8N2/c1-3-27-18(23)16(21)10-5-6-12-25-13-7-8-14-26-15-9-11-20-17(22)19(24)28-4-2;3-1-2-4/h3-15H2,1-2H3,(H,20,22);1-4H2. The van der Waals surface area contributed by atoms with Gasteiger partial charge in [0.15, 0.2) is 0 Å². The molecule has 0 saturated carbocycles. The average Bonchev–Trinajstić information content (AvgIpc) is 2.79. The van der Waals surface area contributed by atoms with Gasteiger partial charge in [0.1, 0.15) is 0 Å². The molecule has 11 heteroatoms. The Balaban J connectivity index is 0. The first-order valence-corrected chi connectivity index (χ1v) is 11.1. The number of Topliss-reactive ketones (excluding diaryl/α,β-unsaturated/α-hetero) is 1. The Kier molecular flexibility index (Phi) is 25.3. The van der Waals surface area contributed by atoms with Crippen LogP contribution in [-0.4, -0.2) is 82.9 Å². The number of ketones is 1. The van der Waals surface area contributed by atoms with E-state index in [1.165, 1.54) is 0 Å². The first-order chi connectivity index (χ1) is 15.4. The number of carbonyl (C=O) groups excluding carboxylic acids is 4. The molecule has 0 radical (unpaired) electrons. The summed E-state index contributed by atoms with van der Waals surface area (Å²) < 4.78 is 20.1. The fourth-order valence-corrected chi connectivity index (χ4v) is 2.06. The molecule has 0 heterocycles. The van der Waals surface area contributed by atoms with Crippen LogP contribution in [0.4, 0.5) is 0 Å². The number of hydrogen-bond donors (Lipinski definition) is 3. The number of nitrogens with two attached hydrogens (primary N) is 2. The molecule has 0 aromatic heterocycles. The van der Waals surface area contributed by atoms with E-state index >= 15 is 0 Å². The van der Waals surface area contributed by atoms with Gasteiger partial charge in [-0.25, -0.2) is 9.59 Å². The van der Waals surface area contributed by atoms with Crippen LogP contribution >= 0.6 is 0 Å². The SMILES string of the molecule is CCOC(=O)C(=O)CCCCOCCCCOCCCNC(=O)C(=O)OCC.NCCN. The van der Waals surface area contributed by atoms with Crippen LogP contribution in [0.25, 0.3) is 0 Å². The summed E-state index contributed by atoms with van der Waals surface area (Å²) in [6.07, 6.45) is 3.85. The van der Waals surface area contributed by atoms with Gasteiger partial charge in [-0.3, -0.25) is 9.59 Å². The van der Waals surface area contributed by atoms with Crippen LogP contribution in [0.15, 0.2) is 0 Å². The number of hydrogen-bond acceptors (Lipinski definition) is 10. The van der Waals surface area contributed by atoms with Crippen molar-refractivity contribution in [1.82, 2.24) is 5.32 Å². The van der Waals surface area contributed by atoms with Gasteiger partial charge in [-0.1, -0.05) is 0 Å². The lowest BCUT2D eigenvalue weighted by atomic mass is 10.2. The normalized spacial score (nSPS) is 10.0. The zero-order chi connectivity index (χ0) is 24.5. The summed E-state index contributed by atoms with van der Waals surface area (Å²) in [5.74, 6) is -2.84. The molecule has 0 bridgehead atoms. The smallest absolute Gasteiger partial charge is 0.396 e. The van der Waals surface area contributed by atoms with Crippen LogP contribution in [0, 0.1) is 0 Å². The lowest BCUT2D eigenvalue weighted by Gasteiger charge is -2.06. The third kappa shape index (κ3) is 22.6. The van der Waals surface area contributed by atoms with Gasteiger partial charge in [0.25, 0.3) is 0 Å². The largest absolute Gasteiger partial charge is 0.460 e. The summed E-state index contributed by atoms with van der Waals surface area (Å²) in [6, 6.07) is 0. The molecular formula is C21H41N3O8. The minimum atomic E-state index is -0.867. The summed E-state index contributed by atoms with van der Waals surface area (Å²) in [4.78, 5) is 44.8. The molecule has 1 amide bonds. The molecule has 0 aliphatic rings. The molecule has 0 aromatic carbocycles. The topological polar surface area (TPSA) is 169 Å². The van der Waals surface area contributed by atoms with Crippen molar-refractivity contribution in [2.45, 2.75) is 52.4 Å². The van der Waals surface area contributed by atoms with E-state index in [4.69, 9.17) is 20.9 Å². The van der Waals surface area contributed by atoms with Crippen molar-refractivity contribution in [2.24, 2.45) is 11.5 Å². The predicted molar refractivity (Wildman–Crippen MR) is 119 cm³/mol. The second kappa shape index (κ2) is 25.2. The van der Waals surface area contributed by atoms with Gasteiger partial charge in [0.05, 0.1) is 13.2 Å². The van der Waals surface area contributed by atoms with Gasteiger partial charge in [-0.15, -0.1) is 0 Å². The van der Waals surface area contributed by atoms with Crippen LogP contribution in [-0.2, 0) is 38.1 Å². The van der Waals surface area contributed by atoms with Gasteiger partial charge < -0.3 is 35.7 Å². The first kappa shape index (κ1) is 32.1. The van der Waals surface area contributed by atoms with E-state index in [9.17, 15) is 19.2 Å². The van der Waals surface area contributed by atoms with Crippen molar-refractivity contribution in [3.05, 3.63) is 0 Å². The Morgan fingerprint density at radius 3 is 1.66 bits per heavy atom. The number of nitrogens with one attached hydrogen (secondary N) is 1. The molecule has 0 saturated heterocycles. The number of carbonyl (C=O) groups is 4. The van der Waals surface area contributed by atoms with E-state index < -0.39 is 23.6 Å². The minimum absolute atomic E-state index is 0.175. The van der Waals surface area contributed by atoms with Gasteiger partial charge >= 0.3 is 17.8 Å². The molecule has 0 atom stereocenters. The summed E-state index contributed by atoms with van der Waals surface area (Å²) in [5.41, 5.74) is 9.81.